The van der Waals surface area contributed by atoms with Crippen LogP contribution in [0.15, 0.2) is 18.3 Å². The fourth-order valence-electron chi connectivity index (χ4n) is 2.60. The lowest BCUT2D eigenvalue weighted by molar-refractivity contribution is -0.131. The minimum absolute atomic E-state index is 0.191. The van der Waals surface area contributed by atoms with Crippen LogP contribution in [0.3, 0.4) is 0 Å². The smallest absolute Gasteiger partial charge is 0.266 e. The van der Waals surface area contributed by atoms with Crippen LogP contribution in [0, 0.1) is 5.92 Å². The summed E-state index contributed by atoms with van der Waals surface area (Å²) in [5, 5.41) is 0. The van der Waals surface area contributed by atoms with Crippen LogP contribution < -0.4 is 11.3 Å². The molecule has 1 aromatic rings. The number of nitrogens with two attached hydrogens (primary N) is 1. The van der Waals surface area contributed by atoms with Gasteiger partial charge in [0, 0.05) is 19.2 Å². The van der Waals surface area contributed by atoms with Crippen LogP contribution in [0.2, 0.25) is 0 Å². The normalized spacial score (nSPS) is 19.2. The Morgan fingerprint density at radius 2 is 2.29 bits per heavy atom. The highest BCUT2D eigenvalue weighted by Crippen LogP contribution is 2.21. The molecule has 1 fully saturated rings. The van der Waals surface area contributed by atoms with Crippen molar-refractivity contribution >= 4 is 11.8 Å². The van der Waals surface area contributed by atoms with Gasteiger partial charge in [-0.05, 0) is 30.9 Å². The van der Waals surface area contributed by atoms with Gasteiger partial charge in [0.15, 0.2) is 0 Å². The van der Waals surface area contributed by atoms with E-state index in [4.69, 9.17) is 5.84 Å². The molecule has 1 atom stereocenters. The summed E-state index contributed by atoms with van der Waals surface area (Å²) in [4.78, 5) is 29.6. The third kappa shape index (κ3) is 4.01. The Labute approximate surface area is 124 Å². The van der Waals surface area contributed by atoms with Gasteiger partial charge in [0.1, 0.15) is 0 Å². The van der Waals surface area contributed by atoms with Crippen LogP contribution >= 0.6 is 0 Å². The van der Waals surface area contributed by atoms with E-state index in [2.05, 4.69) is 17.3 Å². The molecular weight excluding hydrogens is 268 g/mol. The molecule has 0 spiro atoms. The van der Waals surface area contributed by atoms with E-state index in [0.29, 0.717) is 24.4 Å². The number of nitrogen functional groups attached to an aromatic ring is 1. The lowest BCUT2D eigenvalue weighted by Gasteiger charge is -2.20. The largest absolute Gasteiger partial charge is 0.337 e. The molecule has 1 aliphatic heterocycles. The monoisotopic (exact) mass is 290 g/mol. The maximum absolute atomic E-state index is 12.1. The Hall–Kier alpha value is -1.95. The molecule has 0 radical (unpaired) electrons. The minimum Gasteiger partial charge on any atom is -0.337 e. The van der Waals surface area contributed by atoms with Crippen molar-refractivity contribution in [3.63, 3.8) is 0 Å². The Bertz CT molecular complexity index is 501. The molecule has 21 heavy (non-hydrogen) atoms. The van der Waals surface area contributed by atoms with Gasteiger partial charge in [-0.15, -0.1) is 0 Å². The summed E-state index contributed by atoms with van der Waals surface area (Å²) in [7, 11) is 0. The van der Waals surface area contributed by atoms with Gasteiger partial charge in [0.05, 0.1) is 17.8 Å². The van der Waals surface area contributed by atoms with Crippen molar-refractivity contribution in [1.29, 1.82) is 0 Å². The second-order valence-corrected chi connectivity index (χ2v) is 5.43. The second kappa shape index (κ2) is 7.17. The first-order valence-corrected chi connectivity index (χ1v) is 7.37. The number of nitrogens with zero attached hydrogens (tertiary/aromatic N) is 2. The number of pyridine rings is 1. The number of hydrazine groups is 1. The number of aromatic nitrogens is 1. The van der Waals surface area contributed by atoms with Crippen LogP contribution in [0.25, 0.3) is 0 Å². The molecule has 0 bridgehead atoms. The molecule has 1 aromatic heterocycles. The Morgan fingerprint density at radius 3 is 2.90 bits per heavy atom. The van der Waals surface area contributed by atoms with E-state index in [-0.39, 0.29) is 11.8 Å². The molecule has 114 valence electrons. The quantitative estimate of drug-likeness (QED) is 0.496. The van der Waals surface area contributed by atoms with Crippen LogP contribution in [-0.4, -0.2) is 28.2 Å². The first-order valence-electron chi connectivity index (χ1n) is 7.37. The molecule has 2 amide bonds. The van der Waals surface area contributed by atoms with Gasteiger partial charge in [-0.1, -0.05) is 13.3 Å². The van der Waals surface area contributed by atoms with Crippen molar-refractivity contribution in [1.82, 2.24) is 15.3 Å². The predicted molar refractivity (Wildman–Crippen MR) is 78.9 cm³/mol. The SMILES string of the molecule is CCC1CCC(=O)N(Cc2ccc(C(=O)NN)cn2)CC1. The van der Waals surface area contributed by atoms with Crippen molar-refractivity contribution in [2.75, 3.05) is 6.54 Å². The molecule has 1 saturated heterocycles. The number of amides is 2. The number of carbonyl (C=O) groups is 2. The topological polar surface area (TPSA) is 88.3 Å². The molecular formula is C15H22N4O2. The molecule has 3 N–H and O–H groups in total. The minimum atomic E-state index is -0.370. The number of nitrogens with one attached hydrogen (secondary N) is 1. The fraction of sp³-hybridized carbons (Fsp3) is 0.533. The van der Waals surface area contributed by atoms with Crippen LogP contribution in [-0.2, 0) is 11.3 Å². The lowest BCUT2D eigenvalue weighted by Crippen LogP contribution is -2.31. The van der Waals surface area contributed by atoms with E-state index < -0.39 is 0 Å². The zero-order valence-electron chi connectivity index (χ0n) is 12.3. The summed E-state index contributed by atoms with van der Waals surface area (Å²) in [5.74, 6) is 5.54. The predicted octanol–water partition coefficient (Wildman–Crippen LogP) is 1.22. The molecule has 2 rings (SSSR count). The molecule has 1 aliphatic rings. The summed E-state index contributed by atoms with van der Waals surface area (Å²) in [6.45, 7) is 3.46. The molecule has 0 aromatic carbocycles. The van der Waals surface area contributed by atoms with Gasteiger partial charge < -0.3 is 4.90 Å². The second-order valence-electron chi connectivity index (χ2n) is 5.43. The van der Waals surface area contributed by atoms with Crippen molar-refractivity contribution in [2.24, 2.45) is 11.8 Å². The molecule has 0 saturated carbocycles. The molecule has 0 aliphatic carbocycles. The standard InChI is InChI=1S/C15H22N4O2/c1-2-11-3-6-14(20)19(8-7-11)10-13-5-4-12(9-17-13)15(21)18-16/h4-5,9,11H,2-3,6-8,10,16H2,1H3,(H,18,21). The Balaban J connectivity index is 2.00. The van der Waals surface area contributed by atoms with Gasteiger partial charge in [-0.3, -0.25) is 20.0 Å². The number of likely N-dealkylation sites (tertiary alicyclic amines) is 1. The Morgan fingerprint density at radius 1 is 1.48 bits per heavy atom. The average Bonchev–Trinajstić information content (AvgIpc) is 2.70. The maximum Gasteiger partial charge on any atom is 0.266 e. The highest BCUT2D eigenvalue weighted by Gasteiger charge is 2.21. The van der Waals surface area contributed by atoms with Crippen molar-refractivity contribution < 1.29 is 9.59 Å². The summed E-state index contributed by atoms with van der Waals surface area (Å²) < 4.78 is 0. The van der Waals surface area contributed by atoms with E-state index in [1.165, 1.54) is 6.20 Å². The highest BCUT2D eigenvalue weighted by molar-refractivity contribution is 5.93. The van der Waals surface area contributed by atoms with Gasteiger partial charge in [0.2, 0.25) is 5.91 Å². The first kappa shape index (κ1) is 15.4. The van der Waals surface area contributed by atoms with Crippen LogP contribution in [0.4, 0.5) is 0 Å². The third-order valence-corrected chi connectivity index (χ3v) is 4.07. The van der Waals surface area contributed by atoms with Crippen molar-refractivity contribution in [3.05, 3.63) is 29.6 Å². The summed E-state index contributed by atoms with van der Waals surface area (Å²) in [5.41, 5.74) is 3.26. The van der Waals surface area contributed by atoms with E-state index in [0.717, 1.165) is 31.5 Å². The molecule has 2 heterocycles. The highest BCUT2D eigenvalue weighted by atomic mass is 16.2. The van der Waals surface area contributed by atoms with E-state index in [1.54, 1.807) is 12.1 Å². The summed E-state index contributed by atoms with van der Waals surface area (Å²) >= 11 is 0. The molecule has 1 unspecified atom stereocenters. The molecule has 6 heteroatoms. The van der Waals surface area contributed by atoms with Gasteiger partial charge in [0.25, 0.3) is 5.91 Å². The van der Waals surface area contributed by atoms with E-state index in [9.17, 15) is 9.59 Å². The maximum atomic E-state index is 12.1. The van der Waals surface area contributed by atoms with Crippen molar-refractivity contribution in [2.45, 2.75) is 39.2 Å². The number of hydrogen-bond acceptors (Lipinski definition) is 4. The summed E-state index contributed by atoms with van der Waals surface area (Å²) in [6.07, 6.45) is 5.26. The number of carbonyl (C=O) groups excluding carboxylic acids is 2. The Kier molecular flexibility index (Phi) is 5.27. The van der Waals surface area contributed by atoms with Gasteiger partial charge in [-0.25, -0.2) is 5.84 Å². The lowest BCUT2D eigenvalue weighted by atomic mass is 9.98. The summed E-state index contributed by atoms with van der Waals surface area (Å²) in [6, 6.07) is 3.43. The zero-order valence-corrected chi connectivity index (χ0v) is 12.3. The average molecular weight is 290 g/mol. The number of rotatable bonds is 4. The van der Waals surface area contributed by atoms with E-state index >= 15 is 0 Å². The third-order valence-electron chi connectivity index (χ3n) is 4.07. The van der Waals surface area contributed by atoms with E-state index in [1.807, 2.05) is 4.90 Å². The van der Waals surface area contributed by atoms with Gasteiger partial charge in [-0.2, -0.15) is 0 Å². The van der Waals surface area contributed by atoms with Crippen LogP contribution in [0.1, 0.15) is 48.7 Å². The zero-order chi connectivity index (χ0) is 15.2. The van der Waals surface area contributed by atoms with Crippen LogP contribution in [0.5, 0.6) is 0 Å². The van der Waals surface area contributed by atoms with Gasteiger partial charge >= 0.3 is 0 Å². The fourth-order valence-corrected chi connectivity index (χ4v) is 2.60. The first-order chi connectivity index (χ1) is 10.1. The molecule has 6 nitrogen and oxygen atoms in total. The van der Waals surface area contributed by atoms with Crippen molar-refractivity contribution in [3.8, 4) is 0 Å². The number of hydrogen-bond donors (Lipinski definition) is 2.